The minimum atomic E-state index is -0.274. The number of ether oxygens (including phenoxy) is 2. The van der Waals surface area contributed by atoms with Crippen LogP contribution in [0.5, 0.6) is 5.75 Å². The molecule has 0 heterocycles. The summed E-state index contributed by atoms with van der Waals surface area (Å²) in [6, 6.07) is 6.91. The van der Waals surface area contributed by atoms with E-state index in [0.29, 0.717) is 24.3 Å². The Bertz CT molecular complexity index is 459. The number of benzene rings is 1. The minimum absolute atomic E-state index is 0.0997. The molecule has 1 N–H and O–H groups in total. The van der Waals surface area contributed by atoms with Crippen molar-refractivity contribution in [1.29, 1.82) is 0 Å². The first-order valence-electron chi connectivity index (χ1n) is 6.67. The molecule has 0 radical (unpaired) electrons. The number of hydrogen-bond donors (Lipinski definition) is 1. The summed E-state index contributed by atoms with van der Waals surface area (Å²) >= 11 is 0. The Balaban J connectivity index is 2.53. The molecule has 1 aromatic carbocycles. The highest BCUT2D eigenvalue weighted by Crippen LogP contribution is 2.13. The highest BCUT2D eigenvalue weighted by Gasteiger charge is 2.12. The standard InChI is InChI=1S/C15H21NO4/c1-4-20-13-7-5-6-12(10-13)15(18)16-11(2)8-9-14(17)19-3/h5-7,10-11H,4,8-9H2,1-3H3,(H,16,18)/t11-/m1/s1. The van der Waals surface area contributed by atoms with Crippen LogP contribution in [0.1, 0.15) is 37.0 Å². The number of esters is 1. The lowest BCUT2D eigenvalue weighted by molar-refractivity contribution is -0.140. The molecule has 0 saturated heterocycles. The lowest BCUT2D eigenvalue weighted by Crippen LogP contribution is -2.33. The SMILES string of the molecule is CCOc1cccc(C(=O)N[C@H](C)CCC(=O)OC)c1. The lowest BCUT2D eigenvalue weighted by Gasteiger charge is -2.13. The van der Waals surface area contributed by atoms with E-state index in [1.807, 2.05) is 13.8 Å². The molecule has 110 valence electrons. The van der Waals surface area contributed by atoms with Crippen molar-refractivity contribution in [2.45, 2.75) is 32.7 Å². The zero-order valence-corrected chi connectivity index (χ0v) is 12.1. The topological polar surface area (TPSA) is 64.6 Å². The summed E-state index contributed by atoms with van der Waals surface area (Å²) in [7, 11) is 1.35. The van der Waals surface area contributed by atoms with Crippen molar-refractivity contribution in [3.8, 4) is 5.75 Å². The molecule has 20 heavy (non-hydrogen) atoms. The Morgan fingerprint density at radius 2 is 2.10 bits per heavy atom. The fourth-order valence-corrected chi connectivity index (χ4v) is 1.71. The number of carbonyl (C=O) groups excluding carboxylic acids is 2. The van der Waals surface area contributed by atoms with Crippen LogP contribution in [-0.2, 0) is 9.53 Å². The molecule has 0 bridgehead atoms. The van der Waals surface area contributed by atoms with Crippen LogP contribution in [0.15, 0.2) is 24.3 Å². The fraction of sp³-hybridized carbons (Fsp3) is 0.467. The van der Waals surface area contributed by atoms with Crippen molar-refractivity contribution < 1.29 is 19.1 Å². The smallest absolute Gasteiger partial charge is 0.305 e. The second kappa shape index (κ2) is 8.19. The van der Waals surface area contributed by atoms with Gasteiger partial charge in [0.15, 0.2) is 0 Å². The number of hydrogen-bond acceptors (Lipinski definition) is 4. The molecule has 0 aliphatic heterocycles. The van der Waals surface area contributed by atoms with Gasteiger partial charge in [-0.05, 0) is 38.5 Å². The monoisotopic (exact) mass is 279 g/mol. The third kappa shape index (κ3) is 5.30. The molecule has 1 aromatic rings. The molecule has 0 unspecified atom stereocenters. The molecule has 1 atom stereocenters. The van der Waals surface area contributed by atoms with Gasteiger partial charge in [0.25, 0.3) is 5.91 Å². The molecule has 0 aliphatic carbocycles. The molecule has 0 spiro atoms. The first-order valence-corrected chi connectivity index (χ1v) is 6.67. The molecule has 5 nitrogen and oxygen atoms in total. The largest absolute Gasteiger partial charge is 0.494 e. The quantitative estimate of drug-likeness (QED) is 0.777. The van der Waals surface area contributed by atoms with Crippen molar-refractivity contribution in [1.82, 2.24) is 5.32 Å². The summed E-state index contributed by atoms with van der Waals surface area (Å²) in [5.74, 6) is 0.218. The summed E-state index contributed by atoms with van der Waals surface area (Å²) in [5.41, 5.74) is 0.542. The Hall–Kier alpha value is -2.04. The number of nitrogens with one attached hydrogen (secondary N) is 1. The Kier molecular flexibility index (Phi) is 6.56. The van der Waals surface area contributed by atoms with Gasteiger partial charge in [0.05, 0.1) is 13.7 Å². The van der Waals surface area contributed by atoms with E-state index in [2.05, 4.69) is 10.1 Å². The van der Waals surface area contributed by atoms with E-state index >= 15 is 0 Å². The predicted molar refractivity (Wildman–Crippen MR) is 75.8 cm³/mol. The van der Waals surface area contributed by atoms with E-state index in [1.165, 1.54) is 7.11 Å². The van der Waals surface area contributed by atoms with Crippen LogP contribution in [0.2, 0.25) is 0 Å². The molecule has 0 fully saturated rings. The third-order valence-corrected chi connectivity index (χ3v) is 2.79. The van der Waals surface area contributed by atoms with Gasteiger partial charge in [0, 0.05) is 18.0 Å². The van der Waals surface area contributed by atoms with Crippen LogP contribution in [0.3, 0.4) is 0 Å². The van der Waals surface area contributed by atoms with E-state index in [0.717, 1.165) is 0 Å². The van der Waals surface area contributed by atoms with E-state index in [4.69, 9.17) is 4.74 Å². The van der Waals surface area contributed by atoms with E-state index in [1.54, 1.807) is 24.3 Å². The van der Waals surface area contributed by atoms with Gasteiger partial charge in [-0.1, -0.05) is 6.07 Å². The maximum absolute atomic E-state index is 12.0. The van der Waals surface area contributed by atoms with Gasteiger partial charge in [-0.25, -0.2) is 0 Å². The second-order valence-corrected chi connectivity index (χ2v) is 4.45. The summed E-state index contributed by atoms with van der Waals surface area (Å²) in [6.45, 7) is 4.30. The van der Waals surface area contributed by atoms with Crippen molar-refractivity contribution in [3.63, 3.8) is 0 Å². The van der Waals surface area contributed by atoms with Gasteiger partial charge in [-0.15, -0.1) is 0 Å². The van der Waals surface area contributed by atoms with Crippen LogP contribution in [-0.4, -0.2) is 31.6 Å². The number of amides is 1. The maximum Gasteiger partial charge on any atom is 0.305 e. The molecular formula is C15H21NO4. The molecule has 5 heteroatoms. The van der Waals surface area contributed by atoms with Gasteiger partial charge in [-0.2, -0.15) is 0 Å². The molecule has 0 saturated carbocycles. The summed E-state index contributed by atoms with van der Waals surface area (Å²) < 4.78 is 9.92. The van der Waals surface area contributed by atoms with Crippen molar-refractivity contribution in [2.75, 3.05) is 13.7 Å². The minimum Gasteiger partial charge on any atom is -0.494 e. The normalized spacial score (nSPS) is 11.6. The van der Waals surface area contributed by atoms with E-state index < -0.39 is 0 Å². The van der Waals surface area contributed by atoms with Gasteiger partial charge in [-0.3, -0.25) is 9.59 Å². The number of carbonyl (C=O) groups is 2. The maximum atomic E-state index is 12.0. The molecule has 1 rings (SSSR count). The summed E-state index contributed by atoms with van der Waals surface area (Å²) in [6.07, 6.45) is 0.834. The lowest BCUT2D eigenvalue weighted by atomic mass is 10.1. The second-order valence-electron chi connectivity index (χ2n) is 4.45. The van der Waals surface area contributed by atoms with Crippen LogP contribution in [0.25, 0.3) is 0 Å². The van der Waals surface area contributed by atoms with Crippen LogP contribution >= 0.6 is 0 Å². The summed E-state index contributed by atoms with van der Waals surface area (Å²) in [4.78, 5) is 23.1. The average molecular weight is 279 g/mol. The Morgan fingerprint density at radius 3 is 2.75 bits per heavy atom. The van der Waals surface area contributed by atoms with Gasteiger partial charge >= 0.3 is 5.97 Å². The highest BCUT2D eigenvalue weighted by molar-refractivity contribution is 5.94. The fourth-order valence-electron chi connectivity index (χ4n) is 1.71. The first kappa shape index (κ1) is 16.0. The molecular weight excluding hydrogens is 258 g/mol. The average Bonchev–Trinajstić information content (AvgIpc) is 2.45. The number of rotatable bonds is 7. The molecule has 0 aliphatic rings. The first-order chi connectivity index (χ1) is 9.56. The number of methoxy groups -OCH3 is 1. The van der Waals surface area contributed by atoms with Crippen LogP contribution < -0.4 is 10.1 Å². The van der Waals surface area contributed by atoms with Crippen molar-refractivity contribution in [2.24, 2.45) is 0 Å². The zero-order valence-electron chi connectivity index (χ0n) is 12.1. The van der Waals surface area contributed by atoms with Crippen molar-refractivity contribution >= 4 is 11.9 Å². The van der Waals surface area contributed by atoms with Gasteiger partial charge < -0.3 is 14.8 Å². The Labute approximate surface area is 119 Å². The third-order valence-electron chi connectivity index (χ3n) is 2.79. The molecule has 1 amide bonds. The Morgan fingerprint density at radius 1 is 1.35 bits per heavy atom. The predicted octanol–water partition coefficient (Wildman–Crippen LogP) is 2.16. The highest BCUT2D eigenvalue weighted by atomic mass is 16.5. The zero-order chi connectivity index (χ0) is 15.0. The van der Waals surface area contributed by atoms with E-state index in [9.17, 15) is 9.59 Å². The summed E-state index contributed by atoms with van der Waals surface area (Å²) in [5, 5.41) is 2.84. The van der Waals surface area contributed by atoms with Gasteiger partial charge in [0.1, 0.15) is 5.75 Å². The van der Waals surface area contributed by atoms with Crippen LogP contribution in [0, 0.1) is 0 Å². The van der Waals surface area contributed by atoms with Crippen molar-refractivity contribution in [3.05, 3.63) is 29.8 Å². The van der Waals surface area contributed by atoms with E-state index in [-0.39, 0.29) is 24.3 Å². The molecule has 0 aromatic heterocycles. The van der Waals surface area contributed by atoms with Gasteiger partial charge in [0.2, 0.25) is 0 Å². The van der Waals surface area contributed by atoms with Crippen LogP contribution in [0.4, 0.5) is 0 Å².